The predicted molar refractivity (Wildman–Crippen MR) is 58.3 cm³/mol. The van der Waals surface area contributed by atoms with E-state index in [1.807, 2.05) is 0 Å². The van der Waals surface area contributed by atoms with E-state index < -0.39 is 12.0 Å². The van der Waals surface area contributed by atoms with Gasteiger partial charge < -0.3 is 5.32 Å². The molecule has 0 bridgehead atoms. The van der Waals surface area contributed by atoms with E-state index in [1.54, 1.807) is 0 Å². The first-order valence-electron chi connectivity index (χ1n) is 5.70. The third-order valence-electron chi connectivity index (χ3n) is 3.13. The molecule has 5 heteroatoms. The zero-order chi connectivity index (χ0) is 12.9. The van der Waals surface area contributed by atoms with Crippen LogP contribution in [0.3, 0.4) is 0 Å². The Balaban J connectivity index is 2.28. The maximum absolute atomic E-state index is 12.1. The van der Waals surface area contributed by atoms with Crippen molar-refractivity contribution in [2.24, 2.45) is 5.92 Å². The van der Waals surface area contributed by atoms with Gasteiger partial charge in [-0.2, -0.15) is 13.2 Å². The van der Waals surface area contributed by atoms with Crippen molar-refractivity contribution < 1.29 is 18.0 Å². The molecule has 1 N–H and O–H groups in total. The minimum atomic E-state index is -4.68. The molecule has 1 aliphatic carbocycles. The van der Waals surface area contributed by atoms with Gasteiger partial charge in [-0.05, 0) is 31.6 Å². The van der Waals surface area contributed by atoms with E-state index in [1.165, 1.54) is 0 Å². The molecule has 0 heterocycles. The summed E-state index contributed by atoms with van der Waals surface area (Å²) in [6.07, 6.45) is 2.94. The summed E-state index contributed by atoms with van der Waals surface area (Å²) in [7, 11) is 0. The molecule has 0 aliphatic heterocycles. The first-order chi connectivity index (χ1) is 7.93. The van der Waals surface area contributed by atoms with Crippen molar-refractivity contribution in [2.75, 3.05) is 6.54 Å². The number of alkyl halides is 3. The molecule has 0 aromatic rings. The van der Waals surface area contributed by atoms with Crippen LogP contribution in [-0.2, 0) is 4.79 Å². The number of carbonyl (C=O) groups is 1. The summed E-state index contributed by atoms with van der Waals surface area (Å²) in [6, 6.07) is 0.281. The van der Waals surface area contributed by atoms with Crippen molar-refractivity contribution in [3.63, 3.8) is 0 Å². The average Bonchev–Trinajstić information content (AvgIpc) is 2.27. The van der Waals surface area contributed by atoms with Crippen molar-refractivity contribution >= 4 is 5.78 Å². The van der Waals surface area contributed by atoms with E-state index in [-0.39, 0.29) is 18.4 Å². The topological polar surface area (TPSA) is 29.1 Å². The van der Waals surface area contributed by atoms with Gasteiger partial charge in [-0.3, -0.25) is 4.79 Å². The maximum atomic E-state index is 12.1. The largest absolute Gasteiger partial charge is 0.449 e. The fourth-order valence-electron chi connectivity index (χ4n) is 2.15. The van der Waals surface area contributed by atoms with Crippen molar-refractivity contribution in [3.05, 3.63) is 0 Å². The molecule has 96 valence electrons. The van der Waals surface area contributed by atoms with Crippen LogP contribution in [0.4, 0.5) is 13.2 Å². The van der Waals surface area contributed by atoms with Crippen LogP contribution in [-0.4, -0.2) is 24.5 Å². The normalized spacial score (nSPS) is 25.3. The van der Waals surface area contributed by atoms with Crippen LogP contribution in [0.2, 0.25) is 0 Å². The minimum Gasteiger partial charge on any atom is -0.303 e. The Labute approximate surface area is 99.0 Å². The van der Waals surface area contributed by atoms with Crippen LogP contribution in [0.1, 0.15) is 32.1 Å². The maximum Gasteiger partial charge on any atom is 0.449 e. The molecule has 17 heavy (non-hydrogen) atoms. The van der Waals surface area contributed by atoms with Gasteiger partial charge in [-0.15, -0.1) is 6.42 Å². The van der Waals surface area contributed by atoms with Gasteiger partial charge >= 0.3 is 6.18 Å². The summed E-state index contributed by atoms with van der Waals surface area (Å²) in [6.45, 7) is 0.483. The molecule has 0 amide bonds. The molecule has 1 saturated carbocycles. The monoisotopic (exact) mass is 247 g/mol. The third-order valence-corrected chi connectivity index (χ3v) is 3.13. The zero-order valence-electron chi connectivity index (χ0n) is 9.52. The number of terminal acetylenes is 1. The third kappa shape index (κ3) is 4.78. The molecule has 0 aromatic heterocycles. The molecular weight excluding hydrogens is 231 g/mol. The SMILES string of the molecule is C#CCNC1CCC(CC(=O)C(F)(F)F)CC1. The molecule has 0 radical (unpaired) electrons. The number of Topliss-reactive ketones (excluding diaryl/α,β-unsaturated/α-hetero) is 1. The lowest BCUT2D eigenvalue weighted by atomic mass is 9.83. The Bertz CT molecular complexity index is 298. The van der Waals surface area contributed by atoms with Crippen molar-refractivity contribution in [1.82, 2.24) is 5.32 Å². The Morgan fingerprint density at radius 1 is 1.29 bits per heavy atom. The highest BCUT2D eigenvalue weighted by atomic mass is 19.4. The molecule has 0 saturated heterocycles. The lowest BCUT2D eigenvalue weighted by Gasteiger charge is -2.28. The summed E-state index contributed by atoms with van der Waals surface area (Å²) in [5, 5.41) is 3.13. The number of nitrogens with one attached hydrogen (secondary N) is 1. The quantitative estimate of drug-likeness (QED) is 0.772. The van der Waals surface area contributed by atoms with Gasteiger partial charge in [0.1, 0.15) is 0 Å². The number of rotatable bonds is 4. The van der Waals surface area contributed by atoms with E-state index in [4.69, 9.17) is 6.42 Å². The second-order valence-corrected chi connectivity index (χ2v) is 4.43. The van der Waals surface area contributed by atoms with Crippen LogP contribution < -0.4 is 5.32 Å². The number of ketones is 1. The van der Waals surface area contributed by atoms with Crippen LogP contribution in [0.25, 0.3) is 0 Å². The van der Waals surface area contributed by atoms with E-state index in [0.29, 0.717) is 19.4 Å². The Morgan fingerprint density at radius 2 is 1.88 bits per heavy atom. The highest BCUT2D eigenvalue weighted by Crippen LogP contribution is 2.30. The van der Waals surface area contributed by atoms with Gasteiger partial charge in [0.15, 0.2) is 0 Å². The second kappa shape index (κ2) is 6.06. The molecule has 2 nitrogen and oxygen atoms in total. The summed E-state index contributed by atoms with van der Waals surface area (Å²) < 4.78 is 36.2. The fourth-order valence-corrected chi connectivity index (χ4v) is 2.15. The highest BCUT2D eigenvalue weighted by molar-refractivity contribution is 5.84. The first kappa shape index (κ1) is 14.0. The molecule has 0 aromatic carbocycles. The van der Waals surface area contributed by atoms with Gasteiger partial charge in [0, 0.05) is 12.5 Å². The van der Waals surface area contributed by atoms with Crippen molar-refractivity contribution in [3.8, 4) is 12.3 Å². The van der Waals surface area contributed by atoms with Crippen LogP contribution in [0.15, 0.2) is 0 Å². The van der Waals surface area contributed by atoms with Crippen molar-refractivity contribution in [1.29, 1.82) is 0 Å². The number of halogens is 3. The van der Waals surface area contributed by atoms with Crippen LogP contribution in [0, 0.1) is 18.3 Å². The van der Waals surface area contributed by atoms with Gasteiger partial charge in [0.05, 0.1) is 6.54 Å². The van der Waals surface area contributed by atoms with Gasteiger partial charge in [0.25, 0.3) is 0 Å². The molecule has 0 unspecified atom stereocenters. The fraction of sp³-hybridized carbons (Fsp3) is 0.750. The standard InChI is InChI=1S/C12H16F3NO/c1-2-7-16-10-5-3-9(4-6-10)8-11(17)12(13,14)15/h1,9-10,16H,3-8H2. The number of hydrogen-bond acceptors (Lipinski definition) is 2. The zero-order valence-corrected chi connectivity index (χ0v) is 9.52. The van der Waals surface area contributed by atoms with Crippen LogP contribution in [0.5, 0.6) is 0 Å². The second-order valence-electron chi connectivity index (χ2n) is 4.43. The molecule has 0 atom stereocenters. The summed E-state index contributed by atoms with van der Waals surface area (Å²) >= 11 is 0. The number of carbonyl (C=O) groups excluding carboxylic acids is 1. The molecular formula is C12H16F3NO. The minimum absolute atomic E-state index is 0.131. The average molecular weight is 247 g/mol. The Hall–Kier alpha value is -1.02. The van der Waals surface area contributed by atoms with Gasteiger partial charge in [0.2, 0.25) is 5.78 Å². The summed E-state index contributed by atoms with van der Waals surface area (Å²) in [5.41, 5.74) is 0. The molecule has 0 spiro atoms. The van der Waals surface area contributed by atoms with Gasteiger partial charge in [-0.1, -0.05) is 5.92 Å². The van der Waals surface area contributed by atoms with E-state index in [2.05, 4.69) is 11.2 Å². The first-order valence-corrected chi connectivity index (χ1v) is 5.70. The lowest BCUT2D eigenvalue weighted by molar-refractivity contribution is -0.172. The van der Waals surface area contributed by atoms with E-state index >= 15 is 0 Å². The Morgan fingerprint density at radius 3 is 2.35 bits per heavy atom. The van der Waals surface area contributed by atoms with Gasteiger partial charge in [-0.25, -0.2) is 0 Å². The lowest BCUT2D eigenvalue weighted by Crippen LogP contribution is -2.34. The molecule has 1 rings (SSSR count). The van der Waals surface area contributed by atoms with Crippen LogP contribution >= 0.6 is 0 Å². The van der Waals surface area contributed by atoms with E-state index in [0.717, 1.165) is 12.8 Å². The predicted octanol–water partition coefficient (Wildman–Crippen LogP) is 2.29. The van der Waals surface area contributed by atoms with Crippen molar-refractivity contribution in [2.45, 2.75) is 44.3 Å². The van der Waals surface area contributed by atoms with E-state index in [9.17, 15) is 18.0 Å². The Kier molecular flexibility index (Phi) is 5.01. The summed E-state index contributed by atoms with van der Waals surface area (Å²) in [5.74, 6) is 0.733. The highest BCUT2D eigenvalue weighted by Gasteiger charge is 2.39. The molecule has 1 aliphatic rings. The number of hydrogen-bond donors (Lipinski definition) is 1. The smallest absolute Gasteiger partial charge is 0.303 e. The molecule has 1 fully saturated rings. The summed E-state index contributed by atoms with van der Waals surface area (Å²) in [4.78, 5) is 10.8.